The van der Waals surface area contributed by atoms with E-state index < -0.39 is 0 Å². The summed E-state index contributed by atoms with van der Waals surface area (Å²) in [5, 5.41) is 0. The highest BCUT2D eigenvalue weighted by molar-refractivity contribution is 5.77. The number of fused-ring (bicyclic) bond motifs is 1. The number of aryl methyl sites for hydroxylation is 1. The molecule has 0 aliphatic carbocycles. The van der Waals surface area contributed by atoms with Gasteiger partial charge in [0.25, 0.3) is 0 Å². The first kappa shape index (κ1) is 10.2. The topological polar surface area (TPSA) is 44.1 Å². The van der Waals surface area contributed by atoms with E-state index in [1.165, 1.54) is 7.11 Å². The van der Waals surface area contributed by atoms with E-state index in [1.54, 1.807) is 0 Å². The molecule has 0 bridgehead atoms. The number of aromatic nitrogens is 2. The van der Waals surface area contributed by atoms with Gasteiger partial charge in [-0.1, -0.05) is 6.92 Å². The highest BCUT2D eigenvalue weighted by Crippen LogP contribution is 2.29. The van der Waals surface area contributed by atoms with Gasteiger partial charge in [-0.3, -0.25) is 4.79 Å². The van der Waals surface area contributed by atoms with Crippen LogP contribution in [0, 0.1) is 0 Å². The van der Waals surface area contributed by atoms with Crippen molar-refractivity contribution in [3.05, 3.63) is 17.7 Å². The van der Waals surface area contributed by atoms with Crippen LogP contribution in [0.4, 0.5) is 0 Å². The molecule has 15 heavy (non-hydrogen) atoms. The minimum atomic E-state index is -0.140. The molecule has 1 aliphatic rings. The SMILES string of the molecule is CCc1ncc2n1CCCC2C(=O)OC. The Morgan fingerprint density at radius 1 is 1.73 bits per heavy atom. The van der Waals surface area contributed by atoms with E-state index in [4.69, 9.17) is 4.74 Å². The molecule has 4 nitrogen and oxygen atoms in total. The smallest absolute Gasteiger partial charge is 0.314 e. The summed E-state index contributed by atoms with van der Waals surface area (Å²) >= 11 is 0. The summed E-state index contributed by atoms with van der Waals surface area (Å²) in [4.78, 5) is 15.9. The zero-order valence-corrected chi connectivity index (χ0v) is 9.19. The Kier molecular flexibility index (Phi) is 2.75. The van der Waals surface area contributed by atoms with Crippen LogP contribution in [-0.4, -0.2) is 22.6 Å². The minimum absolute atomic E-state index is 0.114. The Morgan fingerprint density at radius 3 is 3.20 bits per heavy atom. The van der Waals surface area contributed by atoms with Crippen molar-refractivity contribution < 1.29 is 9.53 Å². The first-order valence-corrected chi connectivity index (χ1v) is 5.40. The van der Waals surface area contributed by atoms with Gasteiger partial charge in [0.15, 0.2) is 0 Å². The molecular formula is C11H16N2O2. The maximum Gasteiger partial charge on any atom is 0.314 e. The van der Waals surface area contributed by atoms with Crippen molar-refractivity contribution >= 4 is 5.97 Å². The monoisotopic (exact) mass is 208 g/mol. The van der Waals surface area contributed by atoms with Gasteiger partial charge in [-0.05, 0) is 12.8 Å². The molecule has 0 aromatic carbocycles. The fraction of sp³-hybridized carbons (Fsp3) is 0.636. The molecule has 0 radical (unpaired) electrons. The van der Waals surface area contributed by atoms with Gasteiger partial charge in [-0.2, -0.15) is 0 Å². The van der Waals surface area contributed by atoms with E-state index in [1.807, 2.05) is 6.20 Å². The van der Waals surface area contributed by atoms with Crippen LogP contribution in [0.3, 0.4) is 0 Å². The van der Waals surface area contributed by atoms with Crippen molar-refractivity contribution in [2.24, 2.45) is 0 Å². The van der Waals surface area contributed by atoms with Crippen molar-refractivity contribution in [3.8, 4) is 0 Å². The number of rotatable bonds is 2. The number of imidazole rings is 1. The summed E-state index contributed by atoms with van der Waals surface area (Å²) in [6.07, 6.45) is 4.63. The van der Waals surface area contributed by atoms with E-state index in [0.717, 1.165) is 37.3 Å². The van der Waals surface area contributed by atoms with Gasteiger partial charge in [-0.25, -0.2) is 4.98 Å². The van der Waals surface area contributed by atoms with Gasteiger partial charge in [0, 0.05) is 19.2 Å². The number of methoxy groups -OCH3 is 1. The average molecular weight is 208 g/mol. The number of esters is 1. The van der Waals surface area contributed by atoms with Crippen molar-refractivity contribution in [3.63, 3.8) is 0 Å². The highest BCUT2D eigenvalue weighted by Gasteiger charge is 2.29. The highest BCUT2D eigenvalue weighted by atomic mass is 16.5. The summed E-state index contributed by atoms with van der Waals surface area (Å²) in [6, 6.07) is 0. The molecule has 0 spiro atoms. The number of carbonyl (C=O) groups excluding carboxylic acids is 1. The molecule has 2 heterocycles. The second-order valence-electron chi connectivity index (χ2n) is 3.82. The Morgan fingerprint density at radius 2 is 2.53 bits per heavy atom. The van der Waals surface area contributed by atoms with Crippen LogP contribution in [0.1, 0.15) is 37.2 Å². The Labute approximate surface area is 89.3 Å². The fourth-order valence-electron chi connectivity index (χ4n) is 2.23. The third-order valence-electron chi connectivity index (χ3n) is 3.00. The first-order valence-electron chi connectivity index (χ1n) is 5.40. The van der Waals surface area contributed by atoms with Crippen molar-refractivity contribution in [1.29, 1.82) is 0 Å². The van der Waals surface area contributed by atoms with Crippen LogP contribution in [0.25, 0.3) is 0 Å². The molecular weight excluding hydrogens is 192 g/mol. The summed E-state index contributed by atoms with van der Waals surface area (Å²) in [7, 11) is 1.44. The maximum absolute atomic E-state index is 11.6. The average Bonchev–Trinajstić information content (AvgIpc) is 2.70. The molecule has 1 aromatic heterocycles. The van der Waals surface area contributed by atoms with Crippen LogP contribution >= 0.6 is 0 Å². The Balaban J connectivity index is 2.35. The molecule has 2 rings (SSSR count). The number of hydrogen-bond donors (Lipinski definition) is 0. The van der Waals surface area contributed by atoms with Gasteiger partial charge in [0.1, 0.15) is 5.82 Å². The molecule has 1 atom stereocenters. The zero-order chi connectivity index (χ0) is 10.8. The van der Waals surface area contributed by atoms with E-state index in [0.29, 0.717) is 0 Å². The third-order valence-corrected chi connectivity index (χ3v) is 3.00. The Hall–Kier alpha value is -1.32. The number of carbonyl (C=O) groups is 1. The van der Waals surface area contributed by atoms with E-state index >= 15 is 0 Å². The van der Waals surface area contributed by atoms with Crippen LogP contribution in [0.15, 0.2) is 6.20 Å². The quantitative estimate of drug-likeness (QED) is 0.692. The molecule has 4 heteroatoms. The van der Waals surface area contributed by atoms with Crippen LogP contribution in [-0.2, 0) is 22.5 Å². The first-order chi connectivity index (χ1) is 7.27. The summed E-state index contributed by atoms with van der Waals surface area (Å²) < 4.78 is 6.97. The van der Waals surface area contributed by atoms with Crippen molar-refractivity contribution in [1.82, 2.24) is 9.55 Å². The van der Waals surface area contributed by atoms with E-state index in [2.05, 4.69) is 16.5 Å². The van der Waals surface area contributed by atoms with Gasteiger partial charge >= 0.3 is 5.97 Å². The van der Waals surface area contributed by atoms with Gasteiger partial charge in [0.05, 0.1) is 18.7 Å². The minimum Gasteiger partial charge on any atom is -0.469 e. The van der Waals surface area contributed by atoms with Gasteiger partial charge in [0.2, 0.25) is 0 Å². The normalized spacial score (nSPS) is 19.7. The molecule has 0 amide bonds. The summed E-state index contributed by atoms with van der Waals surface area (Å²) in [6.45, 7) is 3.06. The lowest BCUT2D eigenvalue weighted by Gasteiger charge is -2.23. The predicted octanol–water partition coefficient (Wildman–Crippen LogP) is 1.50. The molecule has 1 aliphatic heterocycles. The van der Waals surface area contributed by atoms with Crippen molar-refractivity contribution in [2.45, 2.75) is 38.6 Å². The second-order valence-corrected chi connectivity index (χ2v) is 3.82. The Bertz CT molecular complexity index is 371. The molecule has 0 saturated carbocycles. The molecule has 1 unspecified atom stereocenters. The molecule has 0 fully saturated rings. The third kappa shape index (κ3) is 1.64. The second kappa shape index (κ2) is 4.04. The van der Waals surface area contributed by atoms with E-state index in [9.17, 15) is 4.79 Å². The molecule has 82 valence electrons. The van der Waals surface area contributed by atoms with Crippen LogP contribution < -0.4 is 0 Å². The lowest BCUT2D eigenvalue weighted by atomic mass is 9.96. The number of ether oxygens (including phenoxy) is 1. The van der Waals surface area contributed by atoms with Crippen molar-refractivity contribution in [2.75, 3.05) is 7.11 Å². The standard InChI is InChI=1S/C11H16N2O2/c1-3-10-12-7-9-8(11(14)15-2)5-4-6-13(9)10/h7-8H,3-6H2,1-2H3. The van der Waals surface area contributed by atoms with Crippen LogP contribution in [0.2, 0.25) is 0 Å². The van der Waals surface area contributed by atoms with E-state index in [-0.39, 0.29) is 11.9 Å². The van der Waals surface area contributed by atoms with Gasteiger partial charge in [-0.15, -0.1) is 0 Å². The lowest BCUT2D eigenvalue weighted by molar-refractivity contribution is -0.143. The zero-order valence-electron chi connectivity index (χ0n) is 9.19. The number of nitrogens with zero attached hydrogens (tertiary/aromatic N) is 2. The van der Waals surface area contributed by atoms with Gasteiger partial charge < -0.3 is 9.30 Å². The van der Waals surface area contributed by atoms with Crippen LogP contribution in [0.5, 0.6) is 0 Å². The fourth-order valence-corrected chi connectivity index (χ4v) is 2.23. The predicted molar refractivity (Wildman–Crippen MR) is 55.6 cm³/mol. The number of hydrogen-bond acceptors (Lipinski definition) is 3. The molecule has 1 aromatic rings. The maximum atomic E-state index is 11.6. The largest absolute Gasteiger partial charge is 0.469 e. The lowest BCUT2D eigenvalue weighted by Crippen LogP contribution is -2.23. The summed E-state index contributed by atoms with van der Waals surface area (Å²) in [5.74, 6) is 0.814. The molecule has 0 saturated heterocycles. The summed E-state index contributed by atoms with van der Waals surface area (Å²) in [5.41, 5.74) is 1.02. The molecule has 0 N–H and O–H groups in total.